The smallest absolute Gasteiger partial charge is 0.231 e. The number of aromatic nitrogens is 2. The summed E-state index contributed by atoms with van der Waals surface area (Å²) in [5.74, 6) is 4.01. The first kappa shape index (κ1) is 23.9. The zero-order chi connectivity index (χ0) is 25.2. The normalized spacial score (nSPS) is 13.5. The third-order valence-electron chi connectivity index (χ3n) is 6.72. The van der Waals surface area contributed by atoms with Crippen LogP contribution in [0.15, 0.2) is 71.3 Å². The van der Waals surface area contributed by atoms with Gasteiger partial charge in [-0.15, -0.1) is 0 Å². The van der Waals surface area contributed by atoms with E-state index in [1.54, 1.807) is 0 Å². The lowest BCUT2D eigenvalue weighted by molar-refractivity contribution is 0.173. The zero-order valence-corrected chi connectivity index (χ0v) is 22.2. The molecule has 0 saturated heterocycles. The lowest BCUT2D eigenvalue weighted by atomic mass is 9.97. The van der Waals surface area contributed by atoms with Crippen molar-refractivity contribution in [2.75, 3.05) is 13.6 Å². The monoisotopic (exact) mass is 561 g/mol. The van der Waals surface area contributed by atoms with E-state index in [9.17, 15) is 0 Å². The molecule has 0 aliphatic carbocycles. The predicted molar refractivity (Wildman–Crippen MR) is 144 cm³/mol. The fraction of sp³-hybridized carbons (Fsp3) is 0.276. The highest BCUT2D eigenvalue weighted by atomic mass is 79.9. The molecule has 2 aliphatic heterocycles. The quantitative estimate of drug-likeness (QED) is 0.253. The van der Waals surface area contributed by atoms with Crippen LogP contribution in [0, 0.1) is 0 Å². The fourth-order valence-corrected chi connectivity index (χ4v) is 5.32. The number of benzene rings is 3. The fourth-order valence-electron chi connectivity index (χ4n) is 4.80. The molecule has 0 spiro atoms. The molecule has 37 heavy (non-hydrogen) atoms. The Hall–Kier alpha value is -3.49. The topological polar surface area (TPSA) is 66.8 Å². The van der Waals surface area contributed by atoms with E-state index >= 15 is 0 Å². The van der Waals surface area contributed by atoms with Crippen molar-refractivity contribution in [2.45, 2.75) is 38.9 Å². The van der Waals surface area contributed by atoms with Crippen molar-refractivity contribution in [3.63, 3.8) is 0 Å². The molecule has 8 heteroatoms. The van der Waals surface area contributed by atoms with Gasteiger partial charge < -0.3 is 28.8 Å². The molecule has 0 saturated carbocycles. The number of hydrogen-bond acceptors (Lipinski definition) is 6. The van der Waals surface area contributed by atoms with Crippen LogP contribution in [0.5, 0.6) is 23.0 Å². The van der Waals surface area contributed by atoms with Gasteiger partial charge >= 0.3 is 0 Å². The number of hydrogen-bond donors (Lipinski definition) is 1. The summed E-state index contributed by atoms with van der Waals surface area (Å²) < 4.78 is 25.6. The highest BCUT2D eigenvalue weighted by Crippen LogP contribution is 2.39. The van der Waals surface area contributed by atoms with Gasteiger partial charge in [-0.1, -0.05) is 55.8 Å². The van der Waals surface area contributed by atoms with Gasteiger partial charge in [0, 0.05) is 18.7 Å². The Labute approximate surface area is 224 Å². The molecule has 1 aromatic heterocycles. The lowest BCUT2D eigenvalue weighted by Crippen LogP contribution is -2.24. The summed E-state index contributed by atoms with van der Waals surface area (Å²) in [4.78, 5) is 4.92. The van der Waals surface area contributed by atoms with E-state index in [1.807, 2.05) is 30.3 Å². The van der Waals surface area contributed by atoms with Gasteiger partial charge in [0.1, 0.15) is 10.4 Å². The van der Waals surface area contributed by atoms with Crippen molar-refractivity contribution >= 4 is 15.9 Å². The van der Waals surface area contributed by atoms with Crippen LogP contribution in [-0.4, -0.2) is 23.1 Å². The Morgan fingerprint density at radius 3 is 2.11 bits per heavy atom. The van der Waals surface area contributed by atoms with E-state index in [2.05, 4.69) is 69.1 Å². The molecule has 0 atom stereocenters. The van der Waals surface area contributed by atoms with Crippen molar-refractivity contribution in [2.24, 2.45) is 0 Å². The Morgan fingerprint density at radius 2 is 1.49 bits per heavy atom. The minimum absolute atomic E-state index is 0.120. The van der Waals surface area contributed by atoms with E-state index in [-0.39, 0.29) is 19.6 Å². The molecule has 7 nitrogen and oxygen atoms in total. The minimum Gasteiger partial charge on any atom is -0.454 e. The van der Waals surface area contributed by atoms with Crippen LogP contribution in [0.1, 0.15) is 42.6 Å². The molecule has 1 N–H and O–H groups in total. The zero-order valence-electron chi connectivity index (χ0n) is 20.6. The van der Waals surface area contributed by atoms with Gasteiger partial charge in [0.05, 0.1) is 11.7 Å². The number of nitrogens with one attached hydrogen (secondary N) is 1. The van der Waals surface area contributed by atoms with Gasteiger partial charge in [-0.05, 0) is 57.7 Å². The first-order valence-electron chi connectivity index (χ1n) is 12.5. The molecule has 0 fully saturated rings. The molecule has 0 unspecified atom stereocenters. The van der Waals surface area contributed by atoms with E-state index in [0.717, 1.165) is 75.2 Å². The van der Waals surface area contributed by atoms with Gasteiger partial charge in [-0.25, -0.2) is 4.98 Å². The number of unbranched alkanes of at least 4 members (excludes halogenated alkanes) is 1. The summed E-state index contributed by atoms with van der Waals surface area (Å²) in [6.07, 6.45) is 2.18. The van der Waals surface area contributed by atoms with Gasteiger partial charge in [0.2, 0.25) is 13.6 Å². The number of rotatable bonds is 9. The number of fused-ring (bicyclic) bond motifs is 2. The van der Waals surface area contributed by atoms with Crippen molar-refractivity contribution in [3.05, 3.63) is 88.2 Å². The molecule has 190 valence electrons. The predicted octanol–water partition coefficient (Wildman–Crippen LogP) is 6.45. The molecule has 3 heterocycles. The largest absolute Gasteiger partial charge is 0.454 e. The molecule has 0 radical (unpaired) electrons. The van der Waals surface area contributed by atoms with E-state index < -0.39 is 0 Å². The Bertz CT molecular complexity index is 1350. The Balaban J connectivity index is 1.36. The maximum Gasteiger partial charge on any atom is 0.231 e. The molecule has 4 aromatic rings. The maximum absolute atomic E-state index is 5.68. The molecule has 2 aliphatic rings. The van der Waals surface area contributed by atoms with E-state index in [1.165, 1.54) is 0 Å². The van der Waals surface area contributed by atoms with Gasteiger partial charge in [0.25, 0.3) is 0 Å². The molecule has 3 aromatic carbocycles. The second-order valence-corrected chi connectivity index (χ2v) is 9.83. The number of nitrogens with zero attached hydrogens (tertiary/aromatic N) is 2. The highest BCUT2D eigenvalue weighted by Gasteiger charge is 2.24. The average molecular weight is 562 g/mol. The average Bonchev–Trinajstić information content (AvgIpc) is 3.66. The van der Waals surface area contributed by atoms with Gasteiger partial charge in [-0.3, -0.25) is 0 Å². The van der Waals surface area contributed by atoms with Gasteiger partial charge in [0.15, 0.2) is 23.0 Å². The van der Waals surface area contributed by atoms with Crippen molar-refractivity contribution in [1.29, 1.82) is 0 Å². The second kappa shape index (κ2) is 10.5. The number of halogens is 1. The summed E-state index contributed by atoms with van der Waals surface area (Å²) in [6.45, 7) is 4.20. The second-order valence-electron chi connectivity index (χ2n) is 9.08. The van der Waals surface area contributed by atoms with Crippen molar-refractivity contribution < 1.29 is 18.9 Å². The number of imidazole rings is 1. The Kier molecular flexibility index (Phi) is 6.76. The van der Waals surface area contributed by atoms with Crippen LogP contribution in [0.2, 0.25) is 0 Å². The van der Waals surface area contributed by atoms with Crippen LogP contribution in [-0.2, 0) is 13.1 Å². The standard InChI is InChI=1S/C29H28BrN3O4/c1-2-3-13-33-22(28(30)32-29(33)19-7-5-4-6-8-19)16-31-27(20-9-11-23-25(14-20)36-17-34-23)21-10-12-24-26(15-21)37-18-35-24/h4-12,14-15,27,31H,2-3,13,16-18H2,1H3. The molecular weight excluding hydrogens is 534 g/mol. The summed E-state index contributed by atoms with van der Waals surface area (Å²) in [7, 11) is 0. The summed E-state index contributed by atoms with van der Waals surface area (Å²) in [5.41, 5.74) is 4.36. The van der Waals surface area contributed by atoms with Crippen molar-refractivity contribution in [3.8, 4) is 34.4 Å². The van der Waals surface area contributed by atoms with E-state index in [0.29, 0.717) is 6.54 Å². The Morgan fingerprint density at radius 1 is 0.865 bits per heavy atom. The lowest BCUT2D eigenvalue weighted by Gasteiger charge is -2.22. The first-order chi connectivity index (χ1) is 18.2. The third-order valence-corrected chi connectivity index (χ3v) is 7.36. The maximum atomic E-state index is 5.68. The van der Waals surface area contributed by atoms with Gasteiger partial charge in [-0.2, -0.15) is 0 Å². The highest BCUT2D eigenvalue weighted by molar-refractivity contribution is 9.10. The van der Waals surface area contributed by atoms with Crippen LogP contribution in [0.25, 0.3) is 11.4 Å². The third kappa shape index (κ3) is 4.79. The van der Waals surface area contributed by atoms with Crippen LogP contribution < -0.4 is 24.3 Å². The molecule has 6 rings (SSSR count). The molecule has 0 bridgehead atoms. The number of ether oxygens (including phenoxy) is 4. The van der Waals surface area contributed by atoms with Crippen molar-refractivity contribution in [1.82, 2.24) is 14.9 Å². The molecular formula is C29H28BrN3O4. The summed E-state index contributed by atoms with van der Waals surface area (Å²) in [5, 5.41) is 3.79. The van der Waals surface area contributed by atoms with E-state index in [4.69, 9.17) is 23.9 Å². The minimum atomic E-state index is -0.120. The van der Waals surface area contributed by atoms with Crippen LogP contribution >= 0.6 is 15.9 Å². The summed E-state index contributed by atoms with van der Waals surface area (Å²) >= 11 is 3.76. The van der Waals surface area contributed by atoms with Crippen LogP contribution in [0.3, 0.4) is 0 Å². The molecule has 0 amide bonds. The SMILES string of the molecule is CCCCn1c(-c2ccccc2)nc(Br)c1CNC(c1ccc2c(c1)OCO2)c1ccc2c(c1)OCO2. The first-order valence-corrected chi connectivity index (χ1v) is 13.3. The summed E-state index contributed by atoms with van der Waals surface area (Å²) in [6, 6.07) is 22.4. The van der Waals surface area contributed by atoms with Crippen LogP contribution in [0.4, 0.5) is 0 Å².